The average Bonchev–Trinajstić information content (AvgIpc) is 3.10. The third kappa shape index (κ3) is 3.94. The van der Waals surface area contributed by atoms with Crippen LogP contribution in [0.3, 0.4) is 0 Å². The zero-order valence-corrected chi connectivity index (χ0v) is 13.8. The molecule has 0 bridgehead atoms. The number of hydrogen-bond donors (Lipinski definition) is 0. The van der Waals surface area contributed by atoms with Gasteiger partial charge in [0.1, 0.15) is 12.0 Å². The standard InChI is InChI=1S/C18H22N2O4/c1-22-11-14-7-5-6-10-20(14)18(21)16-12-24-17(19-16)13-23-15-8-3-2-4-9-15/h2-4,8-9,12,14H,5-7,10-11,13H2,1H3. The van der Waals surface area contributed by atoms with Gasteiger partial charge in [0.15, 0.2) is 12.3 Å². The molecule has 24 heavy (non-hydrogen) atoms. The van der Waals surface area contributed by atoms with Crippen molar-refractivity contribution in [3.63, 3.8) is 0 Å². The third-order valence-electron chi connectivity index (χ3n) is 4.12. The molecule has 1 aliphatic heterocycles. The largest absolute Gasteiger partial charge is 0.484 e. The smallest absolute Gasteiger partial charge is 0.276 e. The lowest BCUT2D eigenvalue weighted by molar-refractivity contribution is 0.0423. The second kappa shape index (κ2) is 7.97. The van der Waals surface area contributed by atoms with Crippen LogP contribution in [0.4, 0.5) is 0 Å². The van der Waals surface area contributed by atoms with Crippen molar-refractivity contribution < 1.29 is 18.7 Å². The normalized spacial score (nSPS) is 17.7. The summed E-state index contributed by atoms with van der Waals surface area (Å²) in [6.45, 7) is 1.47. The molecule has 1 aromatic heterocycles. The predicted octanol–water partition coefficient (Wildman–Crippen LogP) is 2.89. The molecule has 3 rings (SSSR count). The van der Waals surface area contributed by atoms with Crippen molar-refractivity contribution in [2.45, 2.75) is 31.9 Å². The van der Waals surface area contributed by atoms with Crippen LogP contribution in [0.15, 0.2) is 41.0 Å². The van der Waals surface area contributed by atoms with Crippen LogP contribution in [-0.4, -0.2) is 42.1 Å². The van der Waals surface area contributed by atoms with E-state index < -0.39 is 0 Å². The van der Waals surface area contributed by atoms with E-state index in [0.29, 0.717) is 18.2 Å². The lowest BCUT2D eigenvalue weighted by Gasteiger charge is -2.34. The highest BCUT2D eigenvalue weighted by Gasteiger charge is 2.29. The maximum atomic E-state index is 12.7. The molecule has 2 aromatic rings. The van der Waals surface area contributed by atoms with Crippen molar-refractivity contribution in [3.05, 3.63) is 48.2 Å². The molecule has 1 aromatic carbocycles. The number of rotatable bonds is 6. The molecule has 128 valence electrons. The number of amides is 1. The summed E-state index contributed by atoms with van der Waals surface area (Å²) in [5.41, 5.74) is 0.324. The third-order valence-corrected chi connectivity index (χ3v) is 4.12. The molecule has 6 nitrogen and oxygen atoms in total. The number of methoxy groups -OCH3 is 1. The molecular formula is C18H22N2O4. The number of oxazole rings is 1. The topological polar surface area (TPSA) is 64.8 Å². The zero-order valence-electron chi connectivity index (χ0n) is 13.8. The van der Waals surface area contributed by atoms with Gasteiger partial charge in [-0.25, -0.2) is 4.98 Å². The summed E-state index contributed by atoms with van der Waals surface area (Å²) in [7, 11) is 1.66. The molecule has 6 heteroatoms. The van der Waals surface area contributed by atoms with Crippen molar-refractivity contribution in [2.75, 3.05) is 20.3 Å². The Morgan fingerprint density at radius 3 is 2.96 bits per heavy atom. The number of carbonyl (C=O) groups excluding carboxylic acids is 1. The van der Waals surface area contributed by atoms with Crippen LogP contribution >= 0.6 is 0 Å². The van der Waals surface area contributed by atoms with E-state index >= 15 is 0 Å². The number of carbonyl (C=O) groups is 1. The summed E-state index contributed by atoms with van der Waals surface area (Å²) in [6, 6.07) is 9.54. The Kier molecular flexibility index (Phi) is 5.48. The van der Waals surface area contributed by atoms with E-state index in [2.05, 4.69) is 4.98 Å². The van der Waals surface area contributed by atoms with E-state index in [-0.39, 0.29) is 18.6 Å². The number of piperidine rings is 1. The number of aromatic nitrogens is 1. The van der Waals surface area contributed by atoms with E-state index in [1.54, 1.807) is 7.11 Å². The molecule has 1 saturated heterocycles. The Bertz CT molecular complexity index is 654. The Morgan fingerprint density at radius 2 is 2.17 bits per heavy atom. The first-order chi connectivity index (χ1) is 11.8. The van der Waals surface area contributed by atoms with Crippen LogP contribution in [0, 0.1) is 0 Å². The number of benzene rings is 1. The van der Waals surface area contributed by atoms with Gasteiger partial charge in [0.05, 0.1) is 12.6 Å². The molecule has 0 spiro atoms. The molecule has 0 saturated carbocycles. The number of nitrogens with zero attached hydrogens (tertiary/aromatic N) is 2. The number of para-hydroxylation sites is 1. The van der Waals surface area contributed by atoms with E-state index in [1.807, 2.05) is 35.2 Å². The predicted molar refractivity (Wildman–Crippen MR) is 87.8 cm³/mol. The highest BCUT2D eigenvalue weighted by molar-refractivity contribution is 5.92. The second-order valence-corrected chi connectivity index (χ2v) is 5.83. The van der Waals surface area contributed by atoms with Gasteiger partial charge in [-0.15, -0.1) is 0 Å². The number of likely N-dealkylation sites (tertiary alicyclic amines) is 1. The molecule has 0 aliphatic carbocycles. The Labute approximate surface area is 141 Å². The fraction of sp³-hybridized carbons (Fsp3) is 0.444. The monoisotopic (exact) mass is 330 g/mol. The van der Waals surface area contributed by atoms with Gasteiger partial charge in [-0.1, -0.05) is 18.2 Å². The number of ether oxygens (including phenoxy) is 2. The SMILES string of the molecule is COCC1CCCCN1C(=O)c1coc(COc2ccccc2)n1. The molecule has 2 heterocycles. The highest BCUT2D eigenvalue weighted by atomic mass is 16.5. The van der Waals surface area contributed by atoms with E-state index in [9.17, 15) is 4.79 Å². The molecule has 1 fully saturated rings. The first-order valence-electron chi connectivity index (χ1n) is 8.20. The van der Waals surface area contributed by atoms with Gasteiger partial charge in [0.2, 0.25) is 5.89 Å². The van der Waals surface area contributed by atoms with Crippen molar-refractivity contribution in [1.29, 1.82) is 0 Å². The lowest BCUT2D eigenvalue weighted by atomic mass is 10.0. The maximum Gasteiger partial charge on any atom is 0.276 e. The van der Waals surface area contributed by atoms with Crippen LogP contribution in [0.2, 0.25) is 0 Å². The van der Waals surface area contributed by atoms with Gasteiger partial charge >= 0.3 is 0 Å². The van der Waals surface area contributed by atoms with Crippen molar-refractivity contribution >= 4 is 5.91 Å². The summed E-state index contributed by atoms with van der Waals surface area (Å²) in [5, 5.41) is 0. The van der Waals surface area contributed by atoms with Crippen molar-refractivity contribution in [2.24, 2.45) is 0 Å². The van der Waals surface area contributed by atoms with Gasteiger partial charge in [-0.05, 0) is 31.4 Å². The van der Waals surface area contributed by atoms with Crippen molar-refractivity contribution in [3.8, 4) is 5.75 Å². The molecule has 1 aliphatic rings. The molecular weight excluding hydrogens is 308 g/mol. The minimum Gasteiger partial charge on any atom is -0.484 e. The van der Waals surface area contributed by atoms with Gasteiger partial charge in [0, 0.05) is 13.7 Å². The molecule has 1 amide bonds. The summed E-state index contributed by atoms with van der Waals surface area (Å²) in [4.78, 5) is 18.8. The number of hydrogen-bond acceptors (Lipinski definition) is 5. The first-order valence-corrected chi connectivity index (χ1v) is 8.20. The van der Waals surface area contributed by atoms with E-state index in [4.69, 9.17) is 13.9 Å². The van der Waals surface area contributed by atoms with Gasteiger partial charge in [-0.3, -0.25) is 4.79 Å². The zero-order chi connectivity index (χ0) is 16.8. The molecule has 0 radical (unpaired) electrons. The van der Waals surface area contributed by atoms with Crippen LogP contribution in [0.5, 0.6) is 5.75 Å². The Morgan fingerprint density at radius 1 is 1.33 bits per heavy atom. The summed E-state index contributed by atoms with van der Waals surface area (Å²) in [5.74, 6) is 1.02. The van der Waals surface area contributed by atoms with Gasteiger partial charge in [0.25, 0.3) is 5.91 Å². The van der Waals surface area contributed by atoms with Gasteiger partial charge < -0.3 is 18.8 Å². The van der Waals surface area contributed by atoms with E-state index in [1.165, 1.54) is 6.26 Å². The molecule has 1 unspecified atom stereocenters. The van der Waals surface area contributed by atoms with Crippen molar-refractivity contribution in [1.82, 2.24) is 9.88 Å². The summed E-state index contributed by atoms with van der Waals surface area (Å²) >= 11 is 0. The lowest BCUT2D eigenvalue weighted by Crippen LogP contribution is -2.46. The Hall–Kier alpha value is -2.34. The quantitative estimate of drug-likeness (QED) is 0.815. The minimum atomic E-state index is -0.105. The fourth-order valence-corrected chi connectivity index (χ4v) is 2.92. The summed E-state index contributed by atoms with van der Waals surface area (Å²) < 4.78 is 16.2. The van der Waals surface area contributed by atoms with Gasteiger partial charge in [-0.2, -0.15) is 0 Å². The van der Waals surface area contributed by atoms with Crippen LogP contribution in [0.25, 0.3) is 0 Å². The maximum absolute atomic E-state index is 12.7. The summed E-state index contributed by atoms with van der Waals surface area (Å²) in [6.07, 6.45) is 4.49. The Balaban J connectivity index is 1.62. The molecule has 1 atom stereocenters. The van der Waals surface area contributed by atoms with Crippen LogP contribution < -0.4 is 4.74 Å². The second-order valence-electron chi connectivity index (χ2n) is 5.83. The van der Waals surface area contributed by atoms with E-state index in [0.717, 1.165) is 31.6 Å². The van der Waals surface area contributed by atoms with Crippen LogP contribution in [0.1, 0.15) is 35.6 Å². The fourth-order valence-electron chi connectivity index (χ4n) is 2.92. The average molecular weight is 330 g/mol. The highest BCUT2D eigenvalue weighted by Crippen LogP contribution is 2.20. The molecule has 0 N–H and O–H groups in total. The van der Waals surface area contributed by atoms with Crippen LogP contribution in [-0.2, 0) is 11.3 Å². The minimum absolute atomic E-state index is 0.105. The first kappa shape index (κ1) is 16.5.